The number of nitrogens with two attached hydrogens (primary N) is 1. The number of para-hydroxylation sites is 1. The maximum absolute atomic E-state index is 13.8. The van der Waals surface area contributed by atoms with Gasteiger partial charge in [-0.1, -0.05) is 17.7 Å². The summed E-state index contributed by atoms with van der Waals surface area (Å²) in [5, 5.41) is 3.18. The van der Waals surface area contributed by atoms with Crippen LogP contribution in [0.2, 0.25) is 5.02 Å². The molecule has 0 saturated heterocycles. The van der Waals surface area contributed by atoms with Crippen LogP contribution in [-0.4, -0.2) is 9.97 Å². The molecule has 7 heteroatoms. The van der Waals surface area contributed by atoms with Gasteiger partial charge in [0.15, 0.2) is 0 Å². The Balaban J connectivity index is 1.95. The van der Waals surface area contributed by atoms with E-state index in [-0.39, 0.29) is 5.69 Å². The van der Waals surface area contributed by atoms with Crippen LogP contribution < -0.4 is 16.6 Å². The molecule has 0 unspecified atom stereocenters. The van der Waals surface area contributed by atoms with Crippen LogP contribution in [0.5, 0.6) is 0 Å². The third kappa shape index (κ3) is 2.66. The predicted octanol–water partition coefficient (Wildman–Crippen LogP) is 3.18. The summed E-state index contributed by atoms with van der Waals surface area (Å²) in [6.45, 7) is 0. The lowest BCUT2D eigenvalue weighted by Gasteiger charge is -2.11. The van der Waals surface area contributed by atoms with Gasteiger partial charge in [-0.05, 0) is 25.0 Å². The van der Waals surface area contributed by atoms with Crippen LogP contribution in [0.15, 0.2) is 24.3 Å². The van der Waals surface area contributed by atoms with Crippen molar-refractivity contribution in [2.75, 3.05) is 10.7 Å². The van der Waals surface area contributed by atoms with Gasteiger partial charge < -0.3 is 10.7 Å². The van der Waals surface area contributed by atoms with Gasteiger partial charge in [0, 0.05) is 12.0 Å². The van der Waals surface area contributed by atoms with Gasteiger partial charge >= 0.3 is 0 Å². The van der Waals surface area contributed by atoms with Gasteiger partial charge in [0.1, 0.15) is 23.3 Å². The minimum Gasteiger partial charge on any atom is -0.336 e. The summed E-state index contributed by atoms with van der Waals surface area (Å²) in [5.41, 5.74) is 2.68. The summed E-state index contributed by atoms with van der Waals surface area (Å²) in [6.07, 6.45) is 2.13. The molecule has 2 aromatic rings. The molecule has 0 spiro atoms. The smallest absolute Gasteiger partial charge is 0.148 e. The monoisotopic (exact) mass is 293 g/mol. The molecule has 1 fully saturated rings. The lowest BCUT2D eigenvalue weighted by Crippen LogP contribution is -2.11. The molecule has 0 atom stereocenters. The molecule has 3 rings (SSSR count). The molecule has 1 aromatic carbocycles. The van der Waals surface area contributed by atoms with Crippen LogP contribution in [0.25, 0.3) is 0 Å². The van der Waals surface area contributed by atoms with Crippen molar-refractivity contribution in [2.45, 2.75) is 18.8 Å². The Morgan fingerprint density at radius 3 is 2.65 bits per heavy atom. The number of nitrogen functional groups attached to an aromatic ring is 1. The Hall–Kier alpha value is -1.92. The number of nitrogens with one attached hydrogen (secondary N) is 2. The highest BCUT2D eigenvalue weighted by Crippen LogP contribution is 2.39. The normalized spacial score (nSPS) is 14.2. The van der Waals surface area contributed by atoms with Gasteiger partial charge in [-0.2, -0.15) is 0 Å². The van der Waals surface area contributed by atoms with Crippen molar-refractivity contribution in [3.63, 3.8) is 0 Å². The fourth-order valence-electron chi connectivity index (χ4n) is 1.87. The molecule has 0 bridgehead atoms. The molecule has 5 nitrogen and oxygen atoms in total. The summed E-state index contributed by atoms with van der Waals surface area (Å²) < 4.78 is 13.8. The van der Waals surface area contributed by atoms with Crippen LogP contribution in [0.3, 0.4) is 0 Å². The van der Waals surface area contributed by atoms with E-state index in [0.717, 1.165) is 12.8 Å². The number of halogens is 2. The van der Waals surface area contributed by atoms with Gasteiger partial charge in [0.25, 0.3) is 0 Å². The number of nitrogens with zero attached hydrogens (tertiary/aromatic N) is 2. The Morgan fingerprint density at radius 2 is 2.00 bits per heavy atom. The van der Waals surface area contributed by atoms with Gasteiger partial charge in [0.05, 0.1) is 10.7 Å². The predicted molar refractivity (Wildman–Crippen MR) is 76.5 cm³/mol. The molecule has 1 aromatic heterocycles. The number of rotatable bonds is 4. The van der Waals surface area contributed by atoms with E-state index in [1.165, 1.54) is 6.07 Å². The zero-order valence-corrected chi connectivity index (χ0v) is 11.3. The molecule has 1 heterocycles. The Kier molecular flexibility index (Phi) is 3.42. The third-order valence-electron chi connectivity index (χ3n) is 3.05. The summed E-state index contributed by atoms with van der Waals surface area (Å²) in [5.74, 6) is 6.96. The van der Waals surface area contributed by atoms with Gasteiger partial charge in [0.2, 0.25) is 0 Å². The van der Waals surface area contributed by atoms with Gasteiger partial charge in [-0.25, -0.2) is 20.2 Å². The van der Waals surface area contributed by atoms with Crippen molar-refractivity contribution in [1.29, 1.82) is 0 Å². The second-order valence-corrected chi connectivity index (χ2v) is 5.04. The van der Waals surface area contributed by atoms with Crippen LogP contribution in [0, 0.1) is 5.82 Å². The summed E-state index contributed by atoms with van der Waals surface area (Å²) in [7, 11) is 0. The minimum absolute atomic E-state index is 0.192. The average molecular weight is 294 g/mol. The van der Waals surface area contributed by atoms with Crippen molar-refractivity contribution in [2.24, 2.45) is 5.84 Å². The Bertz CT molecular complexity index is 624. The Morgan fingerprint density at radius 1 is 1.25 bits per heavy atom. The fourth-order valence-corrected chi connectivity index (χ4v) is 2.08. The SMILES string of the molecule is NNc1cc(Nc2c(F)cccc2Cl)nc(C2CC2)n1. The van der Waals surface area contributed by atoms with E-state index in [1.807, 2.05) is 0 Å². The van der Waals surface area contributed by atoms with Crippen molar-refractivity contribution >= 4 is 28.9 Å². The van der Waals surface area contributed by atoms with E-state index >= 15 is 0 Å². The molecule has 1 saturated carbocycles. The minimum atomic E-state index is -0.439. The molecule has 104 valence electrons. The molecule has 4 N–H and O–H groups in total. The van der Waals surface area contributed by atoms with Crippen LogP contribution in [-0.2, 0) is 0 Å². The number of aromatic nitrogens is 2. The second kappa shape index (κ2) is 5.22. The van der Waals surface area contributed by atoms with Crippen molar-refractivity contribution in [1.82, 2.24) is 9.97 Å². The largest absolute Gasteiger partial charge is 0.336 e. The average Bonchev–Trinajstić information content (AvgIpc) is 3.27. The van der Waals surface area contributed by atoms with Crippen molar-refractivity contribution in [3.05, 3.63) is 40.9 Å². The highest BCUT2D eigenvalue weighted by molar-refractivity contribution is 6.33. The van der Waals surface area contributed by atoms with Crippen molar-refractivity contribution < 1.29 is 4.39 Å². The van der Waals surface area contributed by atoms with E-state index in [9.17, 15) is 4.39 Å². The molecule has 0 radical (unpaired) electrons. The molecular formula is C13H13ClFN5. The van der Waals surface area contributed by atoms with E-state index in [1.54, 1.807) is 18.2 Å². The number of benzene rings is 1. The summed E-state index contributed by atoms with van der Waals surface area (Å²) in [4.78, 5) is 8.66. The first-order valence-corrected chi connectivity index (χ1v) is 6.62. The fraction of sp³-hybridized carbons (Fsp3) is 0.231. The van der Waals surface area contributed by atoms with Crippen molar-refractivity contribution in [3.8, 4) is 0 Å². The van der Waals surface area contributed by atoms with E-state index in [4.69, 9.17) is 17.4 Å². The van der Waals surface area contributed by atoms with Crippen LogP contribution in [0.1, 0.15) is 24.6 Å². The first-order valence-electron chi connectivity index (χ1n) is 6.24. The highest BCUT2D eigenvalue weighted by atomic mass is 35.5. The Labute approximate surface area is 120 Å². The third-order valence-corrected chi connectivity index (χ3v) is 3.36. The molecular weight excluding hydrogens is 281 g/mol. The van der Waals surface area contributed by atoms with E-state index < -0.39 is 5.82 Å². The maximum atomic E-state index is 13.8. The lowest BCUT2D eigenvalue weighted by atomic mass is 10.3. The zero-order chi connectivity index (χ0) is 14.1. The quantitative estimate of drug-likeness (QED) is 0.596. The van der Waals surface area contributed by atoms with Crippen LogP contribution in [0.4, 0.5) is 21.7 Å². The van der Waals surface area contributed by atoms with E-state index in [2.05, 4.69) is 20.7 Å². The first-order chi connectivity index (χ1) is 9.67. The maximum Gasteiger partial charge on any atom is 0.148 e. The topological polar surface area (TPSA) is 75.9 Å². The summed E-state index contributed by atoms with van der Waals surface area (Å²) in [6, 6.07) is 6.09. The standard InChI is InChI=1S/C13H13ClFN5/c14-8-2-1-3-9(15)12(8)17-10-6-11(20-16)19-13(18-10)7-4-5-7/h1-3,6-7H,4-5,16H2,(H2,17,18,19,20). The van der Waals surface area contributed by atoms with Gasteiger partial charge in [-0.3, -0.25) is 0 Å². The highest BCUT2D eigenvalue weighted by Gasteiger charge is 2.27. The number of hydrazine groups is 1. The molecule has 20 heavy (non-hydrogen) atoms. The number of hydrogen-bond donors (Lipinski definition) is 3. The zero-order valence-electron chi connectivity index (χ0n) is 10.5. The molecule has 1 aliphatic rings. The lowest BCUT2D eigenvalue weighted by molar-refractivity contribution is 0.632. The van der Waals surface area contributed by atoms with Gasteiger partial charge in [-0.15, -0.1) is 0 Å². The molecule has 0 amide bonds. The number of anilines is 3. The number of hydrogen-bond acceptors (Lipinski definition) is 5. The summed E-state index contributed by atoms with van der Waals surface area (Å²) >= 11 is 5.98. The molecule has 0 aliphatic heterocycles. The second-order valence-electron chi connectivity index (χ2n) is 4.64. The van der Waals surface area contributed by atoms with Crippen LogP contribution >= 0.6 is 11.6 Å². The first kappa shape index (κ1) is 13.1. The molecule has 1 aliphatic carbocycles. The van der Waals surface area contributed by atoms with E-state index in [0.29, 0.717) is 28.4 Å².